The number of hydrogen-bond donors (Lipinski definition) is 0. The van der Waals surface area contributed by atoms with Crippen molar-refractivity contribution >= 4 is 38.9 Å². The summed E-state index contributed by atoms with van der Waals surface area (Å²) in [6.45, 7) is 0. The molecule has 0 amide bonds. The van der Waals surface area contributed by atoms with Crippen molar-refractivity contribution in [2.45, 2.75) is 0 Å². The lowest BCUT2D eigenvalue weighted by molar-refractivity contribution is 1.18. The van der Waals surface area contributed by atoms with Gasteiger partial charge in [0.25, 0.3) is 0 Å². The number of rotatable bonds is 9. The lowest BCUT2D eigenvalue weighted by Gasteiger charge is -2.31. The Morgan fingerprint density at radius 2 is 0.677 bits per heavy atom. The predicted molar refractivity (Wildman–Crippen MR) is 263 cm³/mol. The van der Waals surface area contributed by atoms with Gasteiger partial charge in [-0.25, -0.2) is 0 Å². The first kappa shape index (κ1) is 36.8. The zero-order valence-electron chi connectivity index (χ0n) is 34.1. The molecule has 0 aliphatic carbocycles. The van der Waals surface area contributed by atoms with Crippen molar-refractivity contribution in [1.82, 2.24) is 4.57 Å². The Kier molecular flexibility index (Phi) is 9.57. The summed E-state index contributed by atoms with van der Waals surface area (Å²) in [6, 6.07) is 92.1. The van der Waals surface area contributed by atoms with Gasteiger partial charge in [0.1, 0.15) is 0 Å². The Morgan fingerprint density at radius 3 is 1.31 bits per heavy atom. The summed E-state index contributed by atoms with van der Waals surface area (Å²) < 4.78 is 2.45. The highest BCUT2D eigenvalue weighted by Crippen LogP contribution is 2.50. The van der Waals surface area contributed by atoms with Gasteiger partial charge < -0.3 is 9.47 Å². The van der Waals surface area contributed by atoms with E-state index in [-0.39, 0.29) is 0 Å². The van der Waals surface area contributed by atoms with Crippen molar-refractivity contribution in [1.29, 1.82) is 0 Å². The Morgan fingerprint density at radius 1 is 0.258 bits per heavy atom. The maximum atomic E-state index is 2.51. The average Bonchev–Trinajstić information content (AvgIpc) is 3.70. The molecule has 0 unspecified atom stereocenters. The first-order valence-electron chi connectivity index (χ1n) is 21.3. The Bertz CT molecular complexity index is 3330. The molecule has 0 atom stereocenters. The number of fused-ring (bicyclic) bond motifs is 3. The van der Waals surface area contributed by atoms with Crippen molar-refractivity contribution < 1.29 is 0 Å². The van der Waals surface area contributed by atoms with Gasteiger partial charge in [0.15, 0.2) is 0 Å². The van der Waals surface area contributed by atoms with Crippen LogP contribution in [0.4, 0.5) is 17.1 Å². The number of hydrogen-bond acceptors (Lipinski definition) is 1. The quantitative estimate of drug-likeness (QED) is 0.141. The van der Waals surface area contributed by atoms with E-state index in [4.69, 9.17) is 0 Å². The third-order valence-corrected chi connectivity index (χ3v) is 12.0. The van der Waals surface area contributed by atoms with E-state index in [0.29, 0.717) is 0 Å². The summed E-state index contributed by atoms with van der Waals surface area (Å²) in [5, 5.41) is 2.38. The Balaban J connectivity index is 1.20. The van der Waals surface area contributed by atoms with Gasteiger partial charge in [-0.1, -0.05) is 212 Å². The van der Waals surface area contributed by atoms with Crippen LogP contribution in [0.2, 0.25) is 0 Å². The maximum Gasteiger partial charge on any atom is 0.0562 e. The lowest BCUT2D eigenvalue weighted by Crippen LogP contribution is -2.13. The fourth-order valence-electron chi connectivity index (χ4n) is 9.27. The van der Waals surface area contributed by atoms with Crippen molar-refractivity contribution in [2.24, 2.45) is 0 Å². The van der Waals surface area contributed by atoms with Gasteiger partial charge in [0.2, 0.25) is 0 Å². The maximum absolute atomic E-state index is 2.51. The van der Waals surface area contributed by atoms with E-state index in [1.54, 1.807) is 0 Å². The fraction of sp³-hybridized carbons (Fsp3) is 0. The van der Waals surface area contributed by atoms with E-state index >= 15 is 0 Å². The van der Waals surface area contributed by atoms with Crippen molar-refractivity contribution in [2.75, 3.05) is 4.90 Å². The molecule has 0 bridgehead atoms. The van der Waals surface area contributed by atoms with Crippen molar-refractivity contribution in [3.05, 3.63) is 255 Å². The molecule has 11 rings (SSSR count). The highest BCUT2D eigenvalue weighted by atomic mass is 15.2. The molecule has 0 spiro atoms. The van der Waals surface area contributed by atoms with Crippen molar-refractivity contribution in [3.63, 3.8) is 0 Å². The summed E-state index contributed by atoms with van der Waals surface area (Å²) >= 11 is 0. The van der Waals surface area contributed by atoms with E-state index in [1.165, 1.54) is 49.7 Å². The van der Waals surface area contributed by atoms with Gasteiger partial charge >= 0.3 is 0 Å². The van der Waals surface area contributed by atoms with E-state index < -0.39 is 0 Å². The molecule has 0 saturated heterocycles. The van der Waals surface area contributed by atoms with E-state index in [9.17, 15) is 0 Å². The largest absolute Gasteiger partial charge is 0.309 e. The van der Waals surface area contributed by atoms with Crippen molar-refractivity contribution in [3.8, 4) is 61.3 Å². The van der Waals surface area contributed by atoms with Crippen LogP contribution in [-0.4, -0.2) is 4.57 Å². The smallest absolute Gasteiger partial charge is 0.0562 e. The highest BCUT2D eigenvalue weighted by Gasteiger charge is 2.26. The second kappa shape index (κ2) is 16.1. The normalized spacial score (nSPS) is 11.2. The van der Waals surface area contributed by atoms with Gasteiger partial charge in [0.05, 0.1) is 28.1 Å². The van der Waals surface area contributed by atoms with Crippen LogP contribution in [0.5, 0.6) is 0 Å². The lowest BCUT2D eigenvalue weighted by atomic mass is 9.92. The van der Waals surface area contributed by atoms with Gasteiger partial charge in [0, 0.05) is 27.6 Å². The average molecular weight is 791 g/mol. The van der Waals surface area contributed by atoms with Crippen LogP contribution in [0.15, 0.2) is 255 Å². The first-order valence-corrected chi connectivity index (χ1v) is 21.3. The molecule has 0 saturated carbocycles. The van der Waals surface area contributed by atoms with E-state index in [0.717, 1.165) is 50.5 Å². The van der Waals surface area contributed by atoms with Gasteiger partial charge in [-0.3, -0.25) is 0 Å². The number of benzene rings is 10. The molecule has 0 aliphatic rings. The Hall–Kier alpha value is -8.20. The molecule has 2 heteroatoms. The highest BCUT2D eigenvalue weighted by molar-refractivity contribution is 6.17. The predicted octanol–water partition coefficient (Wildman–Crippen LogP) is 16.6. The second-order valence-corrected chi connectivity index (χ2v) is 15.6. The van der Waals surface area contributed by atoms with Gasteiger partial charge in [-0.2, -0.15) is 0 Å². The number of para-hydroxylation sites is 3. The summed E-state index contributed by atoms with van der Waals surface area (Å²) in [4.78, 5) is 2.51. The number of aromatic nitrogens is 1. The van der Waals surface area contributed by atoms with Crippen LogP contribution >= 0.6 is 0 Å². The minimum atomic E-state index is 1.10. The Labute approximate surface area is 362 Å². The molecule has 1 heterocycles. The molecule has 62 heavy (non-hydrogen) atoms. The SMILES string of the molecule is c1ccc(-c2ccc(-n3c4ccccc4c4c(N(c5ccccc5-c5ccccc5)c5ccccc5-c5ccccc5-c5ccccc5)cccc43)cc2-c2ccccc2)cc1. The molecule has 0 aliphatic heterocycles. The molecular weight excluding hydrogens is 749 g/mol. The zero-order chi connectivity index (χ0) is 41.2. The number of nitrogens with zero attached hydrogens (tertiary/aromatic N) is 2. The van der Waals surface area contributed by atoms with Gasteiger partial charge in [-0.05, 0) is 87.0 Å². The molecule has 2 nitrogen and oxygen atoms in total. The third-order valence-electron chi connectivity index (χ3n) is 12.0. The molecule has 0 radical (unpaired) electrons. The monoisotopic (exact) mass is 790 g/mol. The van der Waals surface area contributed by atoms with Crippen LogP contribution in [-0.2, 0) is 0 Å². The minimum Gasteiger partial charge on any atom is -0.309 e. The summed E-state index contributed by atoms with van der Waals surface area (Å²) in [6.07, 6.45) is 0. The standard InChI is InChI=1S/C60H42N2/c1-5-22-43(23-6-1)48-30-13-14-32-51(48)52-33-16-19-36-56(52)62(55-35-18-15-31-50(55)45-26-9-3-10-27-45)59-39-21-38-58-60(59)53-34-17-20-37-57(53)61(58)47-40-41-49(44-24-7-2-8-25-44)54(42-47)46-28-11-4-12-29-46/h1-42H. The molecular formula is C60H42N2. The summed E-state index contributed by atoms with van der Waals surface area (Å²) in [5.41, 5.74) is 18.5. The topological polar surface area (TPSA) is 8.17 Å². The molecule has 292 valence electrons. The van der Waals surface area contributed by atoms with Crippen LogP contribution in [0.1, 0.15) is 0 Å². The van der Waals surface area contributed by atoms with Crippen LogP contribution < -0.4 is 4.90 Å². The molecule has 0 N–H and O–H groups in total. The van der Waals surface area contributed by atoms with Crippen LogP contribution in [0, 0.1) is 0 Å². The molecule has 1 aromatic heterocycles. The summed E-state index contributed by atoms with van der Waals surface area (Å²) in [5.74, 6) is 0. The van der Waals surface area contributed by atoms with Crippen LogP contribution in [0.3, 0.4) is 0 Å². The zero-order valence-corrected chi connectivity index (χ0v) is 34.1. The van der Waals surface area contributed by atoms with Gasteiger partial charge in [-0.15, -0.1) is 0 Å². The third kappa shape index (κ3) is 6.56. The molecule has 10 aromatic carbocycles. The summed E-state index contributed by atoms with van der Waals surface area (Å²) in [7, 11) is 0. The van der Waals surface area contributed by atoms with Crippen LogP contribution in [0.25, 0.3) is 83.1 Å². The van der Waals surface area contributed by atoms with E-state index in [1.807, 2.05) is 0 Å². The second-order valence-electron chi connectivity index (χ2n) is 15.6. The fourth-order valence-corrected chi connectivity index (χ4v) is 9.27. The first-order chi connectivity index (χ1) is 30.8. The minimum absolute atomic E-state index is 1.10. The molecule has 11 aromatic rings. The number of anilines is 3. The molecule has 0 fully saturated rings. The van der Waals surface area contributed by atoms with E-state index in [2.05, 4.69) is 264 Å².